The van der Waals surface area contributed by atoms with E-state index < -0.39 is 24.1 Å². The Bertz CT molecular complexity index is 422. The molecule has 0 aromatic rings. The van der Waals surface area contributed by atoms with Gasteiger partial charge in [0.15, 0.2) is 6.04 Å². The lowest BCUT2D eigenvalue weighted by molar-refractivity contribution is -0.147. The summed E-state index contributed by atoms with van der Waals surface area (Å²) in [5, 5.41) is 11.7. The van der Waals surface area contributed by atoms with Gasteiger partial charge in [-0.15, -0.1) is 0 Å². The summed E-state index contributed by atoms with van der Waals surface area (Å²) >= 11 is 0. The van der Waals surface area contributed by atoms with Crippen molar-refractivity contribution >= 4 is 17.9 Å². The van der Waals surface area contributed by atoms with Gasteiger partial charge in [0, 0.05) is 19.6 Å². The van der Waals surface area contributed by atoms with Crippen molar-refractivity contribution < 1.29 is 24.2 Å². The lowest BCUT2D eigenvalue weighted by Gasteiger charge is -2.33. The first-order valence-electron chi connectivity index (χ1n) is 7.17. The first-order valence-corrected chi connectivity index (χ1v) is 7.17. The first kappa shape index (κ1) is 15.6. The van der Waals surface area contributed by atoms with Crippen LogP contribution in [0.25, 0.3) is 0 Å². The van der Waals surface area contributed by atoms with E-state index in [4.69, 9.17) is 9.84 Å². The van der Waals surface area contributed by atoms with Crippen molar-refractivity contribution in [3.63, 3.8) is 0 Å². The minimum absolute atomic E-state index is 0.0305. The second-order valence-corrected chi connectivity index (χ2v) is 5.33. The molecule has 0 radical (unpaired) electrons. The molecule has 2 N–H and O–H groups in total. The number of carbonyl (C=O) groups is 3. The highest BCUT2D eigenvalue weighted by atomic mass is 16.5. The van der Waals surface area contributed by atoms with Gasteiger partial charge in [-0.2, -0.15) is 0 Å². The summed E-state index contributed by atoms with van der Waals surface area (Å²) in [6.07, 6.45) is 1.97. The summed E-state index contributed by atoms with van der Waals surface area (Å²) in [6, 6.07) is -2.20. The fourth-order valence-corrected chi connectivity index (χ4v) is 2.59. The van der Waals surface area contributed by atoms with Crippen molar-refractivity contribution in [2.24, 2.45) is 0 Å². The predicted molar refractivity (Wildman–Crippen MR) is 72.8 cm³/mol. The molecule has 2 aliphatic heterocycles. The molecule has 21 heavy (non-hydrogen) atoms. The number of carboxylic acids is 1. The van der Waals surface area contributed by atoms with E-state index in [2.05, 4.69) is 5.32 Å². The Kier molecular flexibility index (Phi) is 5.00. The number of hydrogen-bond donors (Lipinski definition) is 2. The van der Waals surface area contributed by atoms with Gasteiger partial charge in [0.05, 0.1) is 13.2 Å². The first-order chi connectivity index (χ1) is 10.0. The van der Waals surface area contributed by atoms with Gasteiger partial charge in [-0.25, -0.2) is 9.59 Å². The maximum Gasteiger partial charge on any atom is 0.328 e. The van der Waals surface area contributed by atoms with Gasteiger partial charge in [0.2, 0.25) is 5.91 Å². The van der Waals surface area contributed by atoms with Crippen LogP contribution in [-0.2, 0) is 14.3 Å². The van der Waals surface area contributed by atoms with Gasteiger partial charge in [-0.05, 0) is 19.8 Å². The van der Waals surface area contributed by atoms with Gasteiger partial charge in [-0.1, -0.05) is 0 Å². The minimum Gasteiger partial charge on any atom is -0.480 e. The molecule has 118 valence electrons. The highest BCUT2D eigenvalue weighted by Gasteiger charge is 2.34. The summed E-state index contributed by atoms with van der Waals surface area (Å²) < 4.78 is 5.08. The Morgan fingerprint density at radius 2 is 1.90 bits per heavy atom. The molecule has 2 saturated heterocycles. The molecule has 2 fully saturated rings. The zero-order valence-electron chi connectivity index (χ0n) is 12.1. The molecule has 2 rings (SSSR count). The molecule has 8 heteroatoms. The number of hydrogen-bond acceptors (Lipinski definition) is 4. The number of rotatable bonds is 3. The highest BCUT2D eigenvalue weighted by Crippen LogP contribution is 2.11. The van der Waals surface area contributed by atoms with E-state index in [1.807, 2.05) is 0 Å². The lowest BCUT2D eigenvalue weighted by atomic mass is 10.2. The van der Waals surface area contributed by atoms with Crippen LogP contribution in [0, 0.1) is 0 Å². The summed E-state index contributed by atoms with van der Waals surface area (Å²) in [5.74, 6) is -1.23. The molecule has 0 spiro atoms. The number of nitrogens with one attached hydrogen (secondary N) is 1. The minimum atomic E-state index is -1.11. The Balaban J connectivity index is 1.92. The summed E-state index contributed by atoms with van der Waals surface area (Å²) in [7, 11) is 0. The molecule has 0 aliphatic carbocycles. The average molecular weight is 299 g/mol. The molecule has 8 nitrogen and oxygen atoms in total. The van der Waals surface area contributed by atoms with Crippen molar-refractivity contribution in [1.82, 2.24) is 15.1 Å². The number of morpholine rings is 1. The summed E-state index contributed by atoms with van der Waals surface area (Å²) in [6.45, 7) is 3.52. The Hall–Kier alpha value is -1.83. The van der Waals surface area contributed by atoms with Crippen LogP contribution in [0.4, 0.5) is 4.79 Å². The average Bonchev–Trinajstić information content (AvgIpc) is 3.00. The van der Waals surface area contributed by atoms with Crippen LogP contribution in [0.15, 0.2) is 0 Å². The number of carbonyl (C=O) groups excluding carboxylic acids is 2. The third-order valence-corrected chi connectivity index (χ3v) is 3.80. The summed E-state index contributed by atoms with van der Waals surface area (Å²) in [5.41, 5.74) is 0. The van der Waals surface area contributed by atoms with Gasteiger partial charge in [-0.3, -0.25) is 4.79 Å². The van der Waals surface area contributed by atoms with Crippen molar-refractivity contribution in [2.75, 3.05) is 32.8 Å². The van der Waals surface area contributed by atoms with Crippen molar-refractivity contribution in [3.8, 4) is 0 Å². The largest absolute Gasteiger partial charge is 0.480 e. The third-order valence-electron chi connectivity index (χ3n) is 3.80. The summed E-state index contributed by atoms with van der Waals surface area (Å²) in [4.78, 5) is 38.3. The molecule has 2 unspecified atom stereocenters. The lowest BCUT2D eigenvalue weighted by Crippen LogP contribution is -2.58. The normalized spacial score (nSPS) is 23.8. The number of ether oxygens (including phenoxy) is 1. The van der Waals surface area contributed by atoms with E-state index in [1.165, 1.54) is 4.90 Å². The van der Waals surface area contributed by atoms with Gasteiger partial charge < -0.3 is 25.0 Å². The second kappa shape index (κ2) is 6.75. The number of nitrogens with zero attached hydrogens (tertiary/aromatic N) is 2. The number of amides is 3. The van der Waals surface area contributed by atoms with E-state index in [0.717, 1.165) is 12.8 Å². The van der Waals surface area contributed by atoms with Crippen molar-refractivity contribution in [1.29, 1.82) is 0 Å². The molecular formula is C13H21N3O5. The Labute approximate surface area is 123 Å². The monoisotopic (exact) mass is 299 g/mol. The highest BCUT2D eigenvalue weighted by molar-refractivity contribution is 5.88. The molecule has 0 bridgehead atoms. The van der Waals surface area contributed by atoms with Crippen LogP contribution in [0.2, 0.25) is 0 Å². The van der Waals surface area contributed by atoms with Gasteiger partial charge in [0.25, 0.3) is 0 Å². The number of urea groups is 1. The van der Waals surface area contributed by atoms with E-state index in [9.17, 15) is 14.4 Å². The molecular weight excluding hydrogens is 278 g/mol. The number of likely N-dealkylation sites (tertiary alicyclic amines) is 1. The van der Waals surface area contributed by atoms with Crippen LogP contribution < -0.4 is 5.32 Å². The maximum atomic E-state index is 12.2. The van der Waals surface area contributed by atoms with Crippen LogP contribution in [0.3, 0.4) is 0 Å². The van der Waals surface area contributed by atoms with E-state index >= 15 is 0 Å². The fourth-order valence-electron chi connectivity index (χ4n) is 2.59. The maximum absolute atomic E-state index is 12.2. The van der Waals surface area contributed by atoms with Crippen molar-refractivity contribution in [2.45, 2.75) is 31.8 Å². The van der Waals surface area contributed by atoms with Crippen molar-refractivity contribution in [3.05, 3.63) is 0 Å². The smallest absolute Gasteiger partial charge is 0.328 e. The molecule has 2 atom stereocenters. The van der Waals surface area contributed by atoms with Crippen LogP contribution in [-0.4, -0.2) is 77.7 Å². The van der Waals surface area contributed by atoms with Crippen LogP contribution in [0.1, 0.15) is 19.8 Å². The SMILES string of the molecule is CC(NC(=O)N1CCOCC1C(=O)O)C(=O)N1CCCC1. The molecule has 0 saturated carbocycles. The van der Waals surface area contributed by atoms with Gasteiger partial charge in [0.1, 0.15) is 6.04 Å². The Morgan fingerprint density at radius 3 is 2.52 bits per heavy atom. The van der Waals surface area contributed by atoms with Crippen LogP contribution >= 0.6 is 0 Å². The van der Waals surface area contributed by atoms with Crippen LogP contribution in [0.5, 0.6) is 0 Å². The van der Waals surface area contributed by atoms with Gasteiger partial charge >= 0.3 is 12.0 Å². The quantitative estimate of drug-likeness (QED) is 0.731. The van der Waals surface area contributed by atoms with E-state index in [1.54, 1.807) is 11.8 Å². The van der Waals surface area contributed by atoms with E-state index in [0.29, 0.717) is 19.7 Å². The third kappa shape index (κ3) is 3.63. The fraction of sp³-hybridized carbons (Fsp3) is 0.769. The molecule has 0 aromatic heterocycles. The molecule has 3 amide bonds. The predicted octanol–water partition coefficient (Wildman–Crippen LogP) is -0.508. The zero-order valence-corrected chi connectivity index (χ0v) is 12.1. The Morgan fingerprint density at radius 1 is 1.24 bits per heavy atom. The number of carboxylic acid groups (broad SMARTS) is 1. The molecule has 2 heterocycles. The molecule has 2 aliphatic rings. The second-order valence-electron chi connectivity index (χ2n) is 5.33. The standard InChI is InChI=1S/C13H21N3O5/c1-9(11(17)15-4-2-3-5-15)14-13(20)16-6-7-21-8-10(16)12(18)19/h9-10H,2-8H2,1H3,(H,14,20)(H,18,19). The van der Waals surface area contributed by atoms with E-state index in [-0.39, 0.29) is 19.1 Å². The molecule has 0 aromatic carbocycles. The number of aliphatic carboxylic acids is 1. The zero-order chi connectivity index (χ0) is 15.4. The topological polar surface area (TPSA) is 99.2 Å².